The number of aryl methyl sites for hydroxylation is 2. The van der Waals surface area contributed by atoms with Crippen LogP contribution in [0, 0.1) is 13.8 Å². The number of nitrogens with one attached hydrogen (secondary N) is 1. The quantitative estimate of drug-likeness (QED) is 0.823. The number of carbonyl (C=O) groups is 1. The minimum atomic E-state index is -3.64. The minimum Gasteiger partial charge on any atom is -0.323 e. The maximum absolute atomic E-state index is 12.4. The molecule has 5 nitrogen and oxygen atoms in total. The lowest BCUT2D eigenvalue weighted by Gasteiger charge is -2.23. The highest BCUT2D eigenvalue weighted by Crippen LogP contribution is 2.29. The molecule has 2 aromatic rings. The van der Waals surface area contributed by atoms with Crippen LogP contribution in [0.2, 0.25) is 10.0 Å². The molecule has 25 heavy (non-hydrogen) atoms. The van der Waals surface area contributed by atoms with Crippen LogP contribution in [0.3, 0.4) is 0 Å². The Hall–Kier alpha value is -1.76. The molecule has 0 aliphatic heterocycles. The topological polar surface area (TPSA) is 66.5 Å². The number of rotatable bonds is 5. The van der Waals surface area contributed by atoms with E-state index in [4.69, 9.17) is 23.2 Å². The third-order valence-corrected chi connectivity index (χ3v) is 5.37. The van der Waals surface area contributed by atoms with Gasteiger partial charge in [-0.2, -0.15) is 0 Å². The molecule has 8 heteroatoms. The van der Waals surface area contributed by atoms with Gasteiger partial charge in [0.25, 0.3) is 0 Å². The van der Waals surface area contributed by atoms with E-state index in [1.807, 2.05) is 19.9 Å². The van der Waals surface area contributed by atoms with Gasteiger partial charge in [-0.05, 0) is 49.2 Å². The van der Waals surface area contributed by atoms with Crippen LogP contribution in [0.5, 0.6) is 0 Å². The van der Waals surface area contributed by atoms with E-state index in [9.17, 15) is 13.2 Å². The Balaban J connectivity index is 2.28. The Labute approximate surface area is 157 Å². The van der Waals surface area contributed by atoms with E-state index < -0.39 is 15.9 Å². The summed E-state index contributed by atoms with van der Waals surface area (Å²) in [4.78, 5) is 12.4. The van der Waals surface area contributed by atoms with Crippen molar-refractivity contribution in [3.8, 4) is 0 Å². The Morgan fingerprint density at radius 1 is 1.12 bits per heavy atom. The SMILES string of the molecule is Cc1cc(C)cc(N(CC(=O)Nc2cccc(Cl)c2Cl)S(C)(=O)=O)c1. The van der Waals surface area contributed by atoms with Crippen molar-refractivity contribution in [2.75, 3.05) is 22.4 Å². The summed E-state index contributed by atoms with van der Waals surface area (Å²) in [7, 11) is -3.64. The molecule has 2 aromatic carbocycles. The van der Waals surface area contributed by atoms with Crippen molar-refractivity contribution in [3.63, 3.8) is 0 Å². The Kier molecular flexibility index (Phi) is 5.98. The van der Waals surface area contributed by atoms with Gasteiger partial charge in [0.1, 0.15) is 6.54 Å². The van der Waals surface area contributed by atoms with Crippen molar-refractivity contribution in [2.24, 2.45) is 0 Å². The fourth-order valence-corrected chi connectivity index (χ4v) is 3.60. The molecular weight excluding hydrogens is 383 g/mol. The van der Waals surface area contributed by atoms with Gasteiger partial charge in [-0.1, -0.05) is 35.3 Å². The predicted octanol–water partition coefficient (Wildman–Crippen LogP) is 4.01. The second-order valence-corrected chi connectivity index (χ2v) is 8.46. The van der Waals surface area contributed by atoms with Crippen molar-refractivity contribution in [1.29, 1.82) is 0 Å². The highest BCUT2D eigenvalue weighted by atomic mass is 35.5. The van der Waals surface area contributed by atoms with Gasteiger partial charge < -0.3 is 5.32 Å². The van der Waals surface area contributed by atoms with Gasteiger partial charge in [0.05, 0.1) is 27.7 Å². The molecule has 0 bridgehead atoms. The predicted molar refractivity (Wildman–Crippen MR) is 103 cm³/mol. The number of anilines is 2. The lowest BCUT2D eigenvalue weighted by Crippen LogP contribution is -2.37. The molecule has 0 saturated carbocycles. The Bertz CT molecular complexity index is 894. The molecule has 0 unspecified atom stereocenters. The molecule has 0 spiro atoms. The zero-order chi connectivity index (χ0) is 18.8. The molecule has 0 atom stereocenters. The number of benzene rings is 2. The van der Waals surface area contributed by atoms with E-state index >= 15 is 0 Å². The fraction of sp³-hybridized carbons (Fsp3) is 0.235. The van der Waals surface area contributed by atoms with Crippen molar-refractivity contribution in [2.45, 2.75) is 13.8 Å². The zero-order valence-electron chi connectivity index (χ0n) is 14.0. The van der Waals surface area contributed by atoms with Gasteiger partial charge in [0.15, 0.2) is 0 Å². The van der Waals surface area contributed by atoms with Crippen molar-refractivity contribution in [1.82, 2.24) is 0 Å². The molecular formula is C17H18Cl2N2O3S. The number of hydrogen-bond acceptors (Lipinski definition) is 3. The standard InChI is InChI=1S/C17H18Cl2N2O3S/c1-11-7-12(2)9-13(8-11)21(25(3,23)24)10-16(22)20-15-6-4-5-14(18)17(15)19/h4-9H,10H2,1-3H3,(H,20,22). The number of amides is 1. The molecule has 134 valence electrons. The molecule has 0 aliphatic carbocycles. The zero-order valence-corrected chi connectivity index (χ0v) is 16.3. The van der Waals surface area contributed by atoms with Gasteiger partial charge in [-0.15, -0.1) is 0 Å². The molecule has 0 aliphatic rings. The number of carbonyl (C=O) groups excluding carboxylic acids is 1. The third-order valence-electron chi connectivity index (χ3n) is 3.41. The summed E-state index contributed by atoms with van der Waals surface area (Å²) in [5.41, 5.74) is 2.57. The molecule has 0 fully saturated rings. The number of sulfonamides is 1. The summed E-state index contributed by atoms with van der Waals surface area (Å²) < 4.78 is 25.4. The van der Waals surface area contributed by atoms with Gasteiger partial charge in [-0.25, -0.2) is 8.42 Å². The molecule has 0 heterocycles. The lowest BCUT2D eigenvalue weighted by atomic mass is 10.1. The van der Waals surface area contributed by atoms with E-state index in [1.54, 1.807) is 30.3 Å². The van der Waals surface area contributed by atoms with Crippen LogP contribution < -0.4 is 9.62 Å². The average molecular weight is 401 g/mol. The summed E-state index contributed by atoms with van der Waals surface area (Å²) in [6.45, 7) is 3.36. The fourth-order valence-electron chi connectivity index (χ4n) is 2.42. The van der Waals surface area contributed by atoms with Crippen molar-refractivity contribution >= 4 is 50.5 Å². The summed E-state index contributed by atoms with van der Waals surface area (Å²) in [5.74, 6) is -0.520. The summed E-state index contributed by atoms with van der Waals surface area (Å²) in [5, 5.41) is 3.09. The molecule has 0 saturated heterocycles. The van der Waals surface area contributed by atoms with Crippen LogP contribution >= 0.6 is 23.2 Å². The van der Waals surface area contributed by atoms with Crippen LogP contribution in [0.15, 0.2) is 36.4 Å². The number of hydrogen-bond donors (Lipinski definition) is 1. The van der Waals surface area contributed by atoms with Crippen molar-refractivity contribution in [3.05, 3.63) is 57.6 Å². The first-order valence-corrected chi connectivity index (χ1v) is 9.98. The smallest absolute Gasteiger partial charge is 0.245 e. The third kappa shape index (κ3) is 5.11. The van der Waals surface area contributed by atoms with Gasteiger partial charge in [0, 0.05) is 0 Å². The summed E-state index contributed by atoms with van der Waals surface area (Å²) >= 11 is 12.0. The number of nitrogens with zero attached hydrogens (tertiary/aromatic N) is 1. The van der Waals surface area contributed by atoms with Crippen LogP contribution in [-0.4, -0.2) is 27.1 Å². The van der Waals surface area contributed by atoms with Crippen LogP contribution in [0.4, 0.5) is 11.4 Å². The highest BCUT2D eigenvalue weighted by molar-refractivity contribution is 7.92. The monoisotopic (exact) mass is 400 g/mol. The van der Waals surface area contributed by atoms with Gasteiger partial charge in [-0.3, -0.25) is 9.10 Å². The summed E-state index contributed by atoms with van der Waals surface area (Å²) in [6.07, 6.45) is 1.06. The van der Waals surface area contributed by atoms with Crippen LogP contribution in [0.1, 0.15) is 11.1 Å². The minimum absolute atomic E-state index is 0.204. The first-order valence-electron chi connectivity index (χ1n) is 7.38. The molecule has 2 rings (SSSR count). The van der Waals surface area contributed by atoms with Crippen LogP contribution in [-0.2, 0) is 14.8 Å². The molecule has 1 N–H and O–H groups in total. The first-order chi connectivity index (χ1) is 11.6. The van der Waals surface area contributed by atoms with E-state index in [1.165, 1.54) is 0 Å². The Morgan fingerprint density at radius 2 is 1.72 bits per heavy atom. The lowest BCUT2D eigenvalue weighted by molar-refractivity contribution is -0.114. The van der Waals surface area contributed by atoms with Gasteiger partial charge in [0.2, 0.25) is 15.9 Å². The van der Waals surface area contributed by atoms with Crippen molar-refractivity contribution < 1.29 is 13.2 Å². The second kappa shape index (κ2) is 7.64. The van der Waals surface area contributed by atoms with Gasteiger partial charge >= 0.3 is 0 Å². The van der Waals surface area contributed by atoms with E-state index in [-0.39, 0.29) is 11.6 Å². The molecule has 1 amide bonds. The Morgan fingerprint density at radius 3 is 2.28 bits per heavy atom. The second-order valence-electron chi connectivity index (χ2n) is 5.77. The summed E-state index contributed by atoms with van der Waals surface area (Å²) in [6, 6.07) is 10.2. The molecule has 0 aromatic heterocycles. The maximum Gasteiger partial charge on any atom is 0.245 e. The highest BCUT2D eigenvalue weighted by Gasteiger charge is 2.22. The van der Waals surface area contributed by atoms with E-state index in [0.717, 1.165) is 21.7 Å². The van der Waals surface area contributed by atoms with E-state index in [0.29, 0.717) is 16.4 Å². The normalized spacial score (nSPS) is 11.2. The van der Waals surface area contributed by atoms with Crippen LogP contribution in [0.25, 0.3) is 0 Å². The first kappa shape index (κ1) is 19.6. The average Bonchev–Trinajstić information content (AvgIpc) is 2.47. The number of halogens is 2. The maximum atomic E-state index is 12.4. The molecule has 0 radical (unpaired) electrons. The largest absolute Gasteiger partial charge is 0.323 e. The van der Waals surface area contributed by atoms with E-state index in [2.05, 4.69) is 5.32 Å².